The van der Waals surface area contributed by atoms with Crippen LogP contribution in [0.1, 0.15) is 16.7 Å². The van der Waals surface area contributed by atoms with E-state index < -0.39 is 0 Å². The summed E-state index contributed by atoms with van der Waals surface area (Å²) in [7, 11) is 0. The summed E-state index contributed by atoms with van der Waals surface area (Å²) in [6.07, 6.45) is 1.87. The number of hydrogen-bond donors (Lipinski definition) is 0. The molecule has 144 valence electrons. The highest BCUT2D eigenvalue weighted by Gasteiger charge is 2.10. The fourth-order valence-electron chi connectivity index (χ4n) is 3.21. The van der Waals surface area contributed by atoms with Crippen LogP contribution in [-0.2, 0) is 6.61 Å². The van der Waals surface area contributed by atoms with Crippen LogP contribution >= 0.6 is 31.9 Å². The van der Waals surface area contributed by atoms with Crippen LogP contribution in [0.3, 0.4) is 0 Å². The van der Waals surface area contributed by atoms with Crippen LogP contribution in [0.25, 0.3) is 10.8 Å². The molecule has 0 fully saturated rings. The zero-order chi connectivity index (χ0) is 20.2. The van der Waals surface area contributed by atoms with Gasteiger partial charge in [-0.05, 0) is 84.4 Å². The van der Waals surface area contributed by atoms with Gasteiger partial charge in [-0.3, -0.25) is 4.99 Å². The lowest BCUT2D eigenvalue weighted by Crippen LogP contribution is -1.98. The van der Waals surface area contributed by atoms with E-state index >= 15 is 0 Å². The Bertz CT molecular complexity index is 1170. The summed E-state index contributed by atoms with van der Waals surface area (Å²) in [5.74, 6) is 0.783. The molecule has 4 rings (SSSR count). The standard InChI is InChI=1S/C25H19Br2NO/c1-17-7-2-5-12-24(17)28-15-18-13-22(26)25(23(27)14-18)29-16-20-10-6-9-19-8-3-4-11-21(19)20/h2-15H,16H2,1H3. The first-order chi connectivity index (χ1) is 14.1. The van der Waals surface area contributed by atoms with Gasteiger partial charge in [0, 0.05) is 6.21 Å². The second kappa shape index (κ2) is 8.93. The Morgan fingerprint density at radius 3 is 2.34 bits per heavy atom. The van der Waals surface area contributed by atoms with E-state index in [0.29, 0.717) is 6.61 Å². The van der Waals surface area contributed by atoms with Crippen LogP contribution in [0.15, 0.2) is 92.8 Å². The van der Waals surface area contributed by atoms with Crippen molar-refractivity contribution in [3.8, 4) is 5.75 Å². The molecule has 0 aromatic heterocycles. The number of para-hydroxylation sites is 1. The van der Waals surface area contributed by atoms with Gasteiger partial charge in [-0.25, -0.2) is 0 Å². The summed E-state index contributed by atoms with van der Waals surface area (Å²) in [5.41, 5.74) is 4.27. The Balaban J connectivity index is 1.55. The quantitative estimate of drug-likeness (QED) is 0.250. The van der Waals surface area contributed by atoms with E-state index in [9.17, 15) is 0 Å². The third-order valence-corrected chi connectivity index (χ3v) is 5.92. The van der Waals surface area contributed by atoms with Crippen LogP contribution in [0.2, 0.25) is 0 Å². The lowest BCUT2D eigenvalue weighted by atomic mass is 10.1. The lowest BCUT2D eigenvalue weighted by Gasteiger charge is -2.13. The third kappa shape index (κ3) is 4.60. The van der Waals surface area contributed by atoms with Gasteiger partial charge in [-0.2, -0.15) is 0 Å². The first-order valence-corrected chi connectivity index (χ1v) is 10.9. The number of benzene rings is 4. The monoisotopic (exact) mass is 507 g/mol. The highest BCUT2D eigenvalue weighted by atomic mass is 79.9. The van der Waals surface area contributed by atoms with Gasteiger partial charge in [0.25, 0.3) is 0 Å². The molecule has 0 aliphatic heterocycles. The molecule has 0 bridgehead atoms. The van der Waals surface area contributed by atoms with Crippen LogP contribution in [0.5, 0.6) is 5.75 Å². The fourth-order valence-corrected chi connectivity index (χ4v) is 4.66. The molecule has 0 spiro atoms. The average molecular weight is 509 g/mol. The molecule has 0 heterocycles. The lowest BCUT2D eigenvalue weighted by molar-refractivity contribution is 0.303. The molecule has 4 aromatic rings. The van der Waals surface area contributed by atoms with Gasteiger partial charge in [0.1, 0.15) is 12.4 Å². The summed E-state index contributed by atoms with van der Waals surface area (Å²) < 4.78 is 7.94. The number of rotatable bonds is 5. The maximum absolute atomic E-state index is 6.16. The number of nitrogens with zero attached hydrogens (tertiary/aromatic N) is 1. The van der Waals surface area contributed by atoms with E-state index in [1.807, 2.05) is 36.5 Å². The molecule has 4 heteroatoms. The smallest absolute Gasteiger partial charge is 0.148 e. The molecule has 0 amide bonds. The summed E-state index contributed by atoms with van der Waals surface area (Å²) in [6.45, 7) is 2.55. The largest absolute Gasteiger partial charge is 0.487 e. The molecule has 0 saturated carbocycles. The number of fused-ring (bicyclic) bond motifs is 1. The summed E-state index contributed by atoms with van der Waals surface area (Å²) in [4.78, 5) is 4.61. The van der Waals surface area contributed by atoms with Crippen molar-refractivity contribution in [1.29, 1.82) is 0 Å². The SMILES string of the molecule is Cc1ccccc1N=Cc1cc(Br)c(OCc2cccc3ccccc23)c(Br)c1. The number of aryl methyl sites for hydroxylation is 1. The minimum atomic E-state index is 0.495. The highest BCUT2D eigenvalue weighted by Crippen LogP contribution is 2.35. The van der Waals surface area contributed by atoms with Gasteiger partial charge in [0.05, 0.1) is 14.6 Å². The van der Waals surface area contributed by atoms with Gasteiger partial charge >= 0.3 is 0 Å². The average Bonchev–Trinajstić information content (AvgIpc) is 2.72. The van der Waals surface area contributed by atoms with E-state index in [4.69, 9.17) is 4.74 Å². The summed E-state index contributed by atoms with van der Waals surface area (Å²) in [5, 5.41) is 2.43. The summed E-state index contributed by atoms with van der Waals surface area (Å²) in [6, 6.07) is 26.8. The molecular weight excluding hydrogens is 490 g/mol. The van der Waals surface area contributed by atoms with Gasteiger partial charge in [0.2, 0.25) is 0 Å². The molecule has 0 N–H and O–H groups in total. The normalized spacial score (nSPS) is 11.3. The van der Waals surface area contributed by atoms with Crippen molar-refractivity contribution >= 4 is 54.5 Å². The maximum Gasteiger partial charge on any atom is 0.148 e. The van der Waals surface area contributed by atoms with Gasteiger partial charge in [-0.15, -0.1) is 0 Å². The maximum atomic E-state index is 6.16. The molecule has 0 aliphatic rings. The molecule has 2 nitrogen and oxygen atoms in total. The van der Waals surface area contributed by atoms with Crippen molar-refractivity contribution in [3.05, 3.63) is 104 Å². The number of hydrogen-bond acceptors (Lipinski definition) is 2. The highest BCUT2D eigenvalue weighted by molar-refractivity contribution is 9.11. The molecule has 29 heavy (non-hydrogen) atoms. The second-order valence-electron chi connectivity index (χ2n) is 6.79. The molecule has 0 radical (unpaired) electrons. The Labute approximate surface area is 187 Å². The van der Waals surface area contributed by atoms with Crippen molar-refractivity contribution in [2.45, 2.75) is 13.5 Å². The van der Waals surface area contributed by atoms with Gasteiger partial charge in [-0.1, -0.05) is 60.7 Å². The number of halogens is 2. The molecule has 0 unspecified atom stereocenters. The molecular formula is C25H19Br2NO. The molecule has 0 saturated heterocycles. The predicted molar refractivity (Wildman–Crippen MR) is 129 cm³/mol. The van der Waals surface area contributed by atoms with Crippen LogP contribution in [0.4, 0.5) is 5.69 Å². The number of ether oxygens (including phenoxy) is 1. The Morgan fingerprint density at radius 1 is 0.862 bits per heavy atom. The van der Waals surface area contributed by atoms with Crippen LogP contribution < -0.4 is 4.74 Å². The molecule has 0 atom stereocenters. The molecule has 4 aromatic carbocycles. The number of aliphatic imine (C=N–C) groups is 1. The van der Waals surface area contributed by atoms with Gasteiger partial charge in [0.15, 0.2) is 0 Å². The fraction of sp³-hybridized carbons (Fsp3) is 0.0800. The van der Waals surface area contributed by atoms with Crippen LogP contribution in [-0.4, -0.2) is 6.21 Å². The first kappa shape index (κ1) is 19.9. The minimum Gasteiger partial charge on any atom is -0.487 e. The first-order valence-electron chi connectivity index (χ1n) is 9.30. The zero-order valence-corrected chi connectivity index (χ0v) is 19.1. The van der Waals surface area contributed by atoms with Crippen LogP contribution in [0, 0.1) is 6.92 Å². The second-order valence-corrected chi connectivity index (χ2v) is 8.49. The van der Waals surface area contributed by atoms with E-state index in [1.165, 1.54) is 10.8 Å². The van der Waals surface area contributed by atoms with Gasteiger partial charge < -0.3 is 4.74 Å². The molecule has 0 aliphatic carbocycles. The van der Waals surface area contributed by atoms with E-state index in [2.05, 4.69) is 92.3 Å². The minimum absolute atomic E-state index is 0.495. The Kier molecular flexibility index (Phi) is 6.12. The predicted octanol–water partition coefficient (Wildman–Crippen LogP) is 8.00. The van der Waals surface area contributed by atoms with E-state index in [-0.39, 0.29) is 0 Å². The summed E-state index contributed by atoms with van der Waals surface area (Å²) >= 11 is 7.29. The Hall–Kier alpha value is -2.43. The Morgan fingerprint density at radius 2 is 1.55 bits per heavy atom. The van der Waals surface area contributed by atoms with Crippen molar-refractivity contribution in [1.82, 2.24) is 0 Å². The third-order valence-electron chi connectivity index (χ3n) is 4.74. The zero-order valence-electron chi connectivity index (χ0n) is 15.9. The van der Waals surface area contributed by atoms with E-state index in [1.54, 1.807) is 0 Å². The van der Waals surface area contributed by atoms with E-state index in [0.717, 1.165) is 37.1 Å². The van der Waals surface area contributed by atoms with Crippen molar-refractivity contribution in [2.24, 2.45) is 4.99 Å². The van der Waals surface area contributed by atoms with Crippen molar-refractivity contribution < 1.29 is 4.74 Å². The van der Waals surface area contributed by atoms with Crippen molar-refractivity contribution in [3.63, 3.8) is 0 Å². The van der Waals surface area contributed by atoms with Crippen molar-refractivity contribution in [2.75, 3.05) is 0 Å². The topological polar surface area (TPSA) is 21.6 Å².